The Balaban J connectivity index is 1.47. The lowest BCUT2D eigenvalue weighted by molar-refractivity contribution is -0.131. The summed E-state index contributed by atoms with van der Waals surface area (Å²) in [6.07, 6.45) is 2.21. The molecule has 1 aliphatic carbocycles. The van der Waals surface area contributed by atoms with E-state index in [1.807, 2.05) is 0 Å². The molecule has 2 fully saturated rings. The Labute approximate surface area is 204 Å². The Morgan fingerprint density at radius 2 is 2.17 bits per heavy atom. The van der Waals surface area contributed by atoms with Crippen molar-refractivity contribution < 1.29 is 18.0 Å². The Morgan fingerprint density at radius 3 is 2.83 bits per heavy atom. The monoisotopic (exact) mass is 497 g/mol. The molecule has 35 heavy (non-hydrogen) atoms. The highest BCUT2D eigenvalue weighted by molar-refractivity contribution is 8.15. The van der Waals surface area contributed by atoms with Crippen molar-refractivity contribution >= 4 is 40.4 Å². The number of benzene rings is 1. The van der Waals surface area contributed by atoms with Crippen LogP contribution in [0.1, 0.15) is 36.6 Å². The van der Waals surface area contributed by atoms with Crippen LogP contribution in [0.15, 0.2) is 41.5 Å². The van der Waals surface area contributed by atoms with Gasteiger partial charge in [-0.15, -0.1) is 0 Å². The van der Waals surface area contributed by atoms with Gasteiger partial charge in [0.05, 0.1) is 24.3 Å². The van der Waals surface area contributed by atoms with Crippen molar-refractivity contribution in [1.29, 1.82) is 0 Å². The van der Waals surface area contributed by atoms with Gasteiger partial charge in [-0.3, -0.25) is 14.8 Å². The van der Waals surface area contributed by atoms with Gasteiger partial charge in [0.2, 0.25) is 11.6 Å². The zero-order valence-electron chi connectivity index (χ0n) is 18.8. The molecular formula is C25H22F3N5OS. The van der Waals surface area contributed by atoms with E-state index in [-0.39, 0.29) is 34.8 Å². The third kappa shape index (κ3) is 3.97. The Bertz CT molecular complexity index is 1310. The molecule has 0 radical (unpaired) electrons. The molecular weight excluding hydrogens is 475 g/mol. The van der Waals surface area contributed by atoms with Crippen LogP contribution in [0.4, 0.5) is 18.9 Å². The number of thioether (sulfide) groups is 1. The minimum Gasteiger partial charge on any atom is -0.378 e. The molecule has 2 N–H and O–H groups in total. The van der Waals surface area contributed by atoms with E-state index in [1.165, 1.54) is 59.3 Å². The zero-order chi connectivity index (χ0) is 25.0. The third-order valence-corrected chi connectivity index (χ3v) is 8.24. The number of alkyl halides is 1. The Hall–Kier alpha value is -3.32. The molecule has 1 aromatic carbocycles. The molecule has 2 aromatic rings. The van der Waals surface area contributed by atoms with Crippen LogP contribution in [0.25, 0.3) is 16.7 Å². The SMILES string of the molecule is [C-]#[N+]c1ccc(/C(F)=C/c2ccc(F)c([C@@]3(C)N=C(N)S[C@@]4(C(=O)N5CC[C@@H](F)C5)C[C@H]43)c2)nc1. The molecule has 5 rings (SSSR count). The smallest absolute Gasteiger partial charge is 0.239 e. The molecule has 1 amide bonds. The van der Waals surface area contributed by atoms with Crippen LogP contribution in [0.3, 0.4) is 0 Å². The quantitative estimate of drug-likeness (QED) is 0.613. The van der Waals surface area contributed by atoms with E-state index >= 15 is 4.39 Å². The Morgan fingerprint density at radius 1 is 1.37 bits per heavy atom. The molecule has 0 spiro atoms. The van der Waals surface area contributed by atoms with Crippen LogP contribution in [-0.2, 0) is 10.3 Å². The van der Waals surface area contributed by atoms with Gasteiger partial charge in [-0.25, -0.2) is 18.0 Å². The number of halogens is 3. The first-order valence-corrected chi connectivity index (χ1v) is 12.0. The van der Waals surface area contributed by atoms with Crippen molar-refractivity contribution in [2.24, 2.45) is 16.6 Å². The molecule has 3 aliphatic rings. The molecule has 6 nitrogen and oxygen atoms in total. The average Bonchev–Trinajstić information content (AvgIpc) is 3.44. The van der Waals surface area contributed by atoms with Crippen LogP contribution in [-0.4, -0.2) is 45.0 Å². The van der Waals surface area contributed by atoms with E-state index in [1.54, 1.807) is 6.92 Å². The highest BCUT2D eigenvalue weighted by Gasteiger charge is 2.71. The molecule has 1 saturated carbocycles. The average molecular weight is 498 g/mol. The summed E-state index contributed by atoms with van der Waals surface area (Å²) in [5, 5.41) is 0.168. The van der Waals surface area contributed by atoms with E-state index in [0.717, 1.165) is 0 Å². The summed E-state index contributed by atoms with van der Waals surface area (Å²) >= 11 is 1.17. The Kier molecular flexibility index (Phi) is 5.63. The molecule has 1 aromatic heterocycles. The van der Waals surface area contributed by atoms with Gasteiger partial charge < -0.3 is 10.6 Å². The highest BCUT2D eigenvalue weighted by Crippen LogP contribution is 2.66. The molecule has 180 valence electrons. The summed E-state index contributed by atoms with van der Waals surface area (Å²) < 4.78 is 42.8. The van der Waals surface area contributed by atoms with Crippen LogP contribution >= 0.6 is 11.8 Å². The number of hydrogen-bond acceptors (Lipinski definition) is 5. The number of amidine groups is 1. The largest absolute Gasteiger partial charge is 0.378 e. The number of amides is 1. The first kappa shape index (κ1) is 23.4. The van der Waals surface area contributed by atoms with Gasteiger partial charge in [0.25, 0.3) is 0 Å². The summed E-state index contributed by atoms with van der Waals surface area (Å²) in [6, 6.07) is 7.06. The number of hydrogen-bond donors (Lipinski definition) is 1. The number of rotatable bonds is 4. The predicted molar refractivity (Wildman–Crippen MR) is 129 cm³/mol. The molecule has 2 aliphatic heterocycles. The number of likely N-dealkylation sites (tertiary alicyclic amines) is 1. The minimum absolute atomic E-state index is 0.0504. The van der Waals surface area contributed by atoms with Crippen molar-refractivity contribution in [2.45, 2.75) is 36.2 Å². The van der Waals surface area contributed by atoms with Crippen LogP contribution < -0.4 is 5.73 Å². The van der Waals surface area contributed by atoms with Crippen molar-refractivity contribution in [1.82, 2.24) is 9.88 Å². The number of carbonyl (C=O) groups excluding carboxylic acids is 1. The summed E-state index contributed by atoms with van der Waals surface area (Å²) in [7, 11) is 0. The summed E-state index contributed by atoms with van der Waals surface area (Å²) in [4.78, 5) is 26.6. The number of fused-ring (bicyclic) bond motifs is 1. The van der Waals surface area contributed by atoms with Crippen molar-refractivity contribution in [3.8, 4) is 0 Å². The van der Waals surface area contributed by atoms with Crippen molar-refractivity contribution in [3.63, 3.8) is 0 Å². The lowest BCUT2D eigenvalue weighted by Gasteiger charge is -2.35. The molecule has 3 heterocycles. The van der Waals surface area contributed by atoms with Crippen LogP contribution in [0, 0.1) is 18.3 Å². The topological polar surface area (TPSA) is 75.9 Å². The summed E-state index contributed by atoms with van der Waals surface area (Å²) in [6.45, 7) is 9.11. The lowest BCUT2D eigenvalue weighted by Crippen LogP contribution is -2.45. The number of carbonyl (C=O) groups is 1. The van der Waals surface area contributed by atoms with Gasteiger partial charge in [-0.1, -0.05) is 23.9 Å². The maximum Gasteiger partial charge on any atom is 0.239 e. The van der Waals surface area contributed by atoms with E-state index in [9.17, 15) is 13.6 Å². The number of aliphatic imine (C=N–C) groups is 1. The predicted octanol–water partition coefficient (Wildman–Crippen LogP) is 4.84. The highest BCUT2D eigenvalue weighted by atomic mass is 32.2. The fourth-order valence-electron chi connectivity index (χ4n) is 5.06. The van der Waals surface area contributed by atoms with E-state index in [2.05, 4.69) is 14.8 Å². The van der Waals surface area contributed by atoms with E-state index in [4.69, 9.17) is 12.3 Å². The molecule has 1 saturated heterocycles. The maximum atomic E-state index is 15.1. The normalized spacial score (nSPS) is 29.9. The zero-order valence-corrected chi connectivity index (χ0v) is 19.7. The van der Waals surface area contributed by atoms with Gasteiger partial charge >= 0.3 is 0 Å². The second-order valence-corrected chi connectivity index (χ2v) is 10.6. The number of nitrogens with two attached hydrogens (primary N) is 1. The minimum atomic E-state index is -1.14. The van der Waals surface area contributed by atoms with Crippen LogP contribution in [0.5, 0.6) is 0 Å². The molecule has 0 unspecified atom stereocenters. The summed E-state index contributed by atoms with van der Waals surface area (Å²) in [5.74, 6) is -1.70. The first-order chi connectivity index (χ1) is 16.7. The number of pyridine rings is 1. The second kappa shape index (κ2) is 8.41. The molecule has 0 bridgehead atoms. The van der Waals surface area contributed by atoms with Gasteiger partial charge in [0.15, 0.2) is 5.17 Å². The fraction of sp³-hybridized carbons (Fsp3) is 0.360. The molecule has 10 heteroatoms. The van der Waals surface area contributed by atoms with E-state index in [0.29, 0.717) is 30.6 Å². The standard InChI is InChI=1S/C25H22F3N5OS/c1-24(21-11-25(21,35-23(29)32-24)22(34)33-8-7-15(26)13-33)17-9-14(3-5-18(17)27)10-19(28)20-6-4-16(30-2)12-31-20/h3-6,9-10,12,15,21H,7-8,11,13H2,1H3,(H2,29,32)/b19-10-/t15-,21+,24-,25+/m1/s1. The van der Waals surface area contributed by atoms with Gasteiger partial charge in [-0.05, 0) is 49.6 Å². The van der Waals surface area contributed by atoms with Crippen LogP contribution in [0.2, 0.25) is 0 Å². The second-order valence-electron chi connectivity index (χ2n) is 9.23. The first-order valence-electron chi connectivity index (χ1n) is 11.1. The number of aromatic nitrogens is 1. The number of nitrogens with zero attached hydrogens (tertiary/aromatic N) is 4. The van der Waals surface area contributed by atoms with Gasteiger partial charge in [0.1, 0.15) is 22.6 Å². The third-order valence-electron chi connectivity index (χ3n) is 6.95. The maximum absolute atomic E-state index is 15.1. The fourth-order valence-corrected chi connectivity index (χ4v) is 6.50. The van der Waals surface area contributed by atoms with Gasteiger partial charge in [0, 0.05) is 24.2 Å². The van der Waals surface area contributed by atoms with E-state index < -0.39 is 28.1 Å². The van der Waals surface area contributed by atoms with Gasteiger partial charge in [-0.2, -0.15) is 0 Å². The molecule has 4 atom stereocenters. The summed E-state index contributed by atoms with van der Waals surface area (Å²) in [5.41, 5.74) is 5.93. The van der Waals surface area contributed by atoms with Crippen molar-refractivity contribution in [3.05, 3.63) is 70.6 Å². The van der Waals surface area contributed by atoms with Crippen molar-refractivity contribution in [2.75, 3.05) is 13.1 Å². The lowest BCUT2D eigenvalue weighted by atomic mass is 9.84.